The lowest BCUT2D eigenvalue weighted by Gasteiger charge is -2.16. The minimum atomic E-state index is -4.41. The van der Waals surface area contributed by atoms with E-state index in [4.69, 9.17) is 10.5 Å². The van der Waals surface area contributed by atoms with Gasteiger partial charge in [0.05, 0.1) is 12.7 Å². The quantitative estimate of drug-likeness (QED) is 0.885. The molecule has 1 aromatic rings. The van der Waals surface area contributed by atoms with Gasteiger partial charge in [-0.1, -0.05) is 26.0 Å². The summed E-state index contributed by atoms with van der Waals surface area (Å²) in [5, 5.41) is 0. The number of rotatable bonds is 2. The van der Waals surface area contributed by atoms with Crippen molar-refractivity contribution in [2.75, 3.05) is 7.11 Å². The minimum Gasteiger partial charge on any atom is -0.496 e. The van der Waals surface area contributed by atoms with Gasteiger partial charge in [-0.2, -0.15) is 13.2 Å². The number of nitrogens with two attached hydrogens (primary N) is 1. The maximum absolute atomic E-state index is 12.9. The molecule has 0 spiro atoms. The second kappa shape index (κ2) is 3.88. The molecule has 1 saturated carbocycles. The predicted octanol–water partition coefficient (Wildman–Crippen LogP) is 3.16. The van der Waals surface area contributed by atoms with Crippen LogP contribution in [-0.2, 0) is 6.18 Å². The third-order valence-corrected chi connectivity index (χ3v) is 3.80. The summed E-state index contributed by atoms with van der Waals surface area (Å²) in [6.07, 6.45) is -4.41. The Balaban J connectivity index is 2.51. The van der Waals surface area contributed by atoms with Crippen LogP contribution in [0, 0.1) is 5.41 Å². The van der Waals surface area contributed by atoms with Gasteiger partial charge >= 0.3 is 6.18 Å². The van der Waals surface area contributed by atoms with E-state index in [-0.39, 0.29) is 23.1 Å². The molecular formula is C13H16F3NO. The Morgan fingerprint density at radius 3 is 2.22 bits per heavy atom. The summed E-state index contributed by atoms with van der Waals surface area (Å²) in [5.41, 5.74) is 5.55. The van der Waals surface area contributed by atoms with Crippen LogP contribution in [-0.4, -0.2) is 13.2 Å². The van der Waals surface area contributed by atoms with Gasteiger partial charge in [0.25, 0.3) is 0 Å². The first-order chi connectivity index (χ1) is 8.21. The zero-order valence-electron chi connectivity index (χ0n) is 10.5. The lowest BCUT2D eigenvalue weighted by molar-refractivity contribution is -0.138. The lowest BCUT2D eigenvalue weighted by Crippen LogP contribution is -2.10. The average Bonchev–Trinajstić information content (AvgIpc) is 2.75. The predicted molar refractivity (Wildman–Crippen MR) is 62.5 cm³/mol. The standard InChI is InChI=1S/C13H16F3NO/c1-12(2)9(11(12)17)7-5-4-6-8(10(7)18-3)13(14,15)16/h4-6,9,11H,17H2,1-3H3/t9-,11-/m0/s1. The first kappa shape index (κ1) is 13.2. The highest BCUT2D eigenvalue weighted by Crippen LogP contribution is 2.60. The molecule has 5 heteroatoms. The highest BCUT2D eigenvalue weighted by Gasteiger charge is 2.57. The zero-order chi connectivity index (χ0) is 13.7. The van der Waals surface area contributed by atoms with Crippen LogP contribution in [0.25, 0.3) is 0 Å². The first-order valence-corrected chi connectivity index (χ1v) is 5.71. The van der Waals surface area contributed by atoms with Crippen molar-refractivity contribution in [1.82, 2.24) is 0 Å². The molecule has 0 heterocycles. The molecule has 1 aliphatic rings. The summed E-state index contributed by atoms with van der Waals surface area (Å²) in [7, 11) is 1.26. The molecule has 1 fully saturated rings. The van der Waals surface area contributed by atoms with Crippen molar-refractivity contribution in [1.29, 1.82) is 0 Å². The number of methoxy groups -OCH3 is 1. The number of ether oxygens (including phenoxy) is 1. The van der Waals surface area contributed by atoms with Gasteiger partial charge in [0.1, 0.15) is 5.75 Å². The Labute approximate surface area is 104 Å². The van der Waals surface area contributed by atoms with E-state index in [0.29, 0.717) is 5.56 Å². The number of alkyl halides is 3. The SMILES string of the molecule is COc1c([C@H]2[C@H](N)C2(C)C)cccc1C(F)(F)F. The molecule has 1 aliphatic carbocycles. The van der Waals surface area contributed by atoms with Crippen molar-refractivity contribution in [2.24, 2.45) is 11.1 Å². The Bertz CT molecular complexity index is 468. The zero-order valence-corrected chi connectivity index (χ0v) is 10.5. The summed E-state index contributed by atoms with van der Waals surface area (Å²) >= 11 is 0. The van der Waals surface area contributed by atoms with Gasteiger partial charge in [-0.15, -0.1) is 0 Å². The smallest absolute Gasteiger partial charge is 0.419 e. The molecule has 2 rings (SSSR count). The molecule has 0 aromatic heterocycles. The van der Waals surface area contributed by atoms with Gasteiger partial charge in [-0.25, -0.2) is 0 Å². The fourth-order valence-electron chi connectivity index (χ4n) is 2.52. The Morgan fingerprint density at radius 2 is 1.83 bits per heavy atom. The largest absolute Gasteiger partial charge is 0.496 e. The molecule has 0 unspecified atom stereocenters. The van der Waals surface area contributed by atoms with E-state index in [2.05, 4.69) is 0 Å². The summed E-state index contributed by atoms with van der Waals surface area (Å²) < 4.78 is 43.6. The fourth-order valence-corrected chi connectivity index (χ4v) is 2.52. The monoisotopic (exact) mass is 259 g/mol. The number of hydrogen-bond donors (Lipinski definition) is 1. The van der Waals surface area contributed by atoms with Crippen molar-refractivity contribution in [3.8, 4) is 5.75 Å². The first-order valence-electron chi connectivity index (χ1n) is 5.71. The van der Waals surface area contributed by atoms with Crippen LogP contribution in [0.4, 0.5) is 13.2 Å². The molecule has 0 aliphatic heterocycles. The van der Waals surface area contributed by atoms with Crippen LogP contribution in [0.15, 0.2) is 18.2 Å². The van der Waals surface area contributed by atoms with E-state index >= 15 is 0 Å². The van der Waals surface area contributed by atoms with Crippen molar-refractivity contribution >= 4 is 0 Å². The third kappa shape index (κ3) is 1.86. The lowest BCUT2D eigenvalue weighted by atomic mass is 9.99. The molecule has 0 radical (unpaired) electrons. The molecule has 0 amide bonds. The van der Waals surface area contributed by atoms with Gasteiger partial charge in [-0.3, -0.25) is 0 Å². The Kier molecular flexibility index (Phi) is 2.85. The highest BCUT2D eigenvalue weighted by atomic mass is 19.4. The summed E-state index contributed by atoms with van der Waals surface area (Å²) in [6, 6.07) is 3.97. The summed E-state index contributed by atoms with van der Waals surface area (Å²) in [5.74, 6) is -0.189. The van der Waals surface area contributed by atoms with Gasteiger partial charge in [0.15, 0.2) is 0 Å². The highest BCUT2D eigenvalue weighted by molar-refractivity contribution is 5.50. The normalized spacial score (nSPS) is 25.9. The Morgan fingerprint density at radius 1 is 1.28 bits per heavy atom. The van der Waals surface area contributed by atoms with Crippen molar-refractivity contribution < 1.29 is 17.9 Å². The molecule has 1 aromatic carbocycles. The minimum absolute atomic E-state index is 0.0882. The second-order valence-corrected chi connectivity index (χ2v) is 5.25. The van der Waals surface area contributed by atoms with E-state index in [1.165, 1.54) is 13.2 Å². The maximum Gasteiger partial charge on any atom is 0.419 e. The van der Waals surface area contributed by atoms with E-state index in [9.17, 15) is 13.2 Å². The number of para-hydroxylation sites is 1. The van der Waals surface area contributed by atoms with Crippen molar-refractivity contribution in [3.63, 3.8) is 0 Å². The molecular weight excluding hydrogens is 243 g/mol. The number of benzene rings is 1. The molecule has 2 nitrogen and oxygen atoms in total. The molecule has 100 valence electrons. The number of halogens is 3. The van der Waals surface area contributed by atoms with Crippen LogP contribution in [0.3, 0.4) is 0 Å². The van der Waals surface area contributed by atoms with Gasteiger partial charge < -0.3 is 10.5 Å². The van der Waals surface area contributed by atoms with Crippen LogP contribution < -0.4 is 10.5 Å². The molecule has 0 bridgehead atoms. The summed E-state index contributed by atoms with van der Waals surface area (Å²) in [4.78, 5) is 0. The van der Waals surface area contributed by atoms with E-state index in [1.807, 2.05) is 13.8 Å². The third-order valence-electron chi connectivity index (χ3n) is 3.80. The van der Waals surface area contributed by atoms with E-state index in [0.717, 1.165) is 6.07 Å². The second-order valence-electron chi connectivity index (χ2n) is 5.25. The molecule has 2 N–H and O–H groups in total. The fraction of sp³-hybridized carbons (Fsp3) is 0.538. The van der Waals surface area contributed by atoms with E-state index in [1.54, 1.807) is 6.07 Å². The van der Waals surface area contributed by atoms with Crippen molar-refractivity contribution in [2.45, 2.75) is 32.0 Å². The van der Waals surface area contributed by atoms with Crippen LogP contribution >= 0.6 is 0 Å². The van der Waals surface area contributed by atoms with Crippen LogP contribution in [0.2, 0.25) is 0 Å². The van der Waals surface area contributed by atoms with Crippen LogP contribution in [0.1, 0.15) is 30.9 Å². The maximum atomic E-state index is 12.9. The average molecular weight is 259 g/mol. The molecule has 2 atom stereocenters. The topological polar surface area (TPSA) is 35.2 Å². The van der Waals surface area contributed by atoms with Gasteiger partial charge in [0.2, 0.25) is 0 Å². The molecule has 0 saturated heterocycles. The summed E-state index contributed by atoms with van der Waals surface area (Å²) in [6.45, 7) is 3.89. The number of hydrogen-bond acceptors (Lipinski definition) is 2. The van der Waals surface area contributed by atoms with E-state index < -0.39 is 11.7 Å². The van der Waals surface area contributed by atoms with Gasteiger partial charge in [-0.05, 0) is 17.0 Å². The van der Waals surface area contributed by atoms with Gasteiger partial charge in [0, 0.05) is 12.0 Å². The molecule has 18 heavy (non-hydrogen) atoms. The van der Waals surface area contributed by atoms with Crippen LogP contribution in [0.5, 0.6) is 5.75 Å². The Hall–Kier alpha value is -1.23. The van der Waals surface area contributed by atoms with Crippen molar-refractivity contribution in [3.05, 3.63) is 29.3 Å².